The van der Waals surface area contributed by atoms with E-state index in [2.05, 4.69) is 61.7 Å². The lowest BCUT2D eigenvalue weighted by Gasteiger charge is -2.29. The minimum atomic E-state index is -0.486. The molecule has 0 unspecified atom stereocenters. The Balaban J connectivity index is 0.000000221. The molecule has 4 heterocycles. The van der Waals surface area contributed by atoms with E-state index in [1.54, 1.807) is 17.6 Å². The van der Waals surface area contributed by atoms with Crippen molar-refractivity contribution in [1.29, 1.82) is 0 Å². The second-order valence-electron chi connectivity index (χ2n) is 13.6. The zero-order chi connectivity index (χ0) is 35.3. The van der Waals surface area contributed by atoms with Crippen LogP contribution in [0.2, 0.25) is 0 Å². The molecule has 2 aliphatic heterocycles. The molecule has 4 N–H and O–H groups in total. The van der Waals surface area contributed by atoms with Crippen molar-refractivity contribution in [1.82, 2.24) is 25.2 Å². The van der Waals surface area contributed by atoms with Crippen molar-refractivity contribution in [2.45, 2.75) is 111 Å². The lowest BCUT2D eigenvalue weighted by atomic mass is 10.0. The van der Waals surface area contributed by atoms with Gasteiger partial charge in [-0.05, 0) is 65.6 Å². The number of hydrogen-bond donors (Lipinski definition) is 3. The number of unbranched alkanes of at least 4 members (excludes halogenated alkanes) is 3. The third kappa shape index (κ3) is 11.2. The predicted molar refractivity (Wildman–Crippen MR) is 187 cm³/mol. The Morgan fingerprint density at radius 2 is 1.37 bits per heavy atom. The van der Waals surface area contributed by atoms with E-state index in [1.807, 2.05) is 17.0 Å². The maximum Gasteiger partial charge on any atom is 0.324 e. The molecular weight excluding hydrogens is 620 g/mol. The number of pyridine rings is 2. The van der Waals surface area contributed by atoms with Gasteiger partial charge in [0.1, 0.15) is 0 Å². The van der Waals surface area contributed by atoms with E-state index in [1.165, 1.54) is 22.5 Å². The van der Waals surface area contributed by atoms with Crippen LogP contribution in [-0.4, -0.2) is 55.8 Å². The summed E-state index contributed by atoms with van der Waals surface area (Å²) >= 11 is 0. The lowest BCUT2D eigenvalue weighted by molar-refractivity contribution is -0.144. The molecule has 49 heavy (non-hydrogen) atoms. The summed E-state index contributed by atoms with van der Waals surface area (Å²) in [5, 5.41) is 8.65. The summed E-state index contributed by atoms with van der Waals surface area (Å²) in [6.07, 6.45) is 6.17. The monoisotopic (exact) mass is 672 g/mol. The molecule has 0 atom stereocenters. The lowest BCUT2D eigenvalue weighted by Crippen LogP contribution is -2.36. The normalized spacial score (nSPS) is 14.1. The standard InChI is InChI=1S/C19H29N3O3.C19H23N3O2/c1-14(2)16-10-9-15-13-22(12-11-17(15)21-16)18(23)7-5-3-4-6-8-19(24)25-20;1-13(2)17-8-7-16-12-22(10-9-18(16)20-17)11-14-3-5-15(6-4-14)19(23)21-24/h9-10,14H,3-8,11-13,20H2,1-2H3;3-8,13,24H,9-12H2,1-2H3,(H,21,23). The van der Waals surface area contributed by atoms with Crippen molar-refractivity contribution in [3.05, 3.63) is 93.6 Å². The number of fused-ring (bicyclic) bond motifs is 2. The van der Waals surface area contributed by atoms with Crippen molar-refractivity contribution in [2.24, 2.45) is 5.90 Å². The highest BCUT2D eigenvalue weighted by molar-refractivity contribution is 5.93. The van der Waals surface area contributed by atoms with Gasteiger partial charge in [0, 0.05) is 86.7 Å². The average molecular weight is 673 g/mol. The Morgan fingerprint density at radius 3 is 1.94 bits per heavy atom. The molecule has 0 saturated heterocycles. The summed E-state index contributed by atoms with van der Waals surface area (Å²) in [4.78, 5) is 52.6. The van der Waals surface area contributed by atoms with Gasteiger partial charge >= 0.3 is 5.97 Å². The number of aromatic nitrogens is 2. The van der Waals surface area contributed by atoms with E-state index in [0.717, 1.165) is 81.7 Å². The highest BCUT2D eigenvalue weighted by Crippen LogP contribution is 2.23. The molecule has 0 aliphatic carbocycles. The number of carbonyl (C=O) groups excluding carboxylic acids is 3. The first-order valence-corrected chi connectivity index (χ1v) is 17.5. The van der Waals surface area contributed by atoms with Crippen LogP contribution in [0.3, 0.4) is 0 Å². The number of hydroxylamine groups is 1. The average Bonchev–Trinajstić information content (AvgIpc) is 3.12. The molecule has 0 spiro atoms. The molecule has 5 rings (SSSR count). The number of rotatable bonds is 12. The Kier molecular flexibility index (Phi) is 14.2. The van der Waals surface area contributed by atoms with Gasteiger partial charge in [-0.1, -0.05) is 64.8 Å². The van der Waals surface area contributed by atoms with E-state index in [0.29, 0.717) is 36.8 Å². The zero-order valence-electron chi connectivity index (χ0n) is 29.4. The topological polar surface area (TPSA) is 151 Å². The third-order valence-electron chi connectivity index (χ3n) is 9.13. The largest absolute Gasteiger partial charge is 0.373 e. The third-order valence-corrected chi connectivity index (χ3v) is 9.13. The second kappa shape index (κ2) is 18.5. The Morgan fingerprint density at radius 1 is 0.796 bits per heavy atom. The number of amides is 2. The summed E-state index contributed by atoms with van der Waals surface area (Å²) in [5.41, 5.74) is 10.4. The quantitative estimate of drug-likeness (QED) is 0.125. The van der Waals surface area contributed by atoms with Crippen molar-refractivity contribution < 1.29 is 24.4 Å². The molecule has 0 radical (unpaired) electrons. The van der Waals surface area contributed by atoms with Crippen molar-refractivity contribution >= 4 is 17.8 Å². The van der Waals surface area contributed by atoms with Gasteiger partial charge in [-0.15, -0.1) is 0 Å². The van der Waals surface area contributed by atoms with Crippen LogP contribution in [-0.2, 0) is 46.9 Å². The second-order valence-corrected chi connectivity index (χ2v) is 13.6. The Hall–Kier alpha value is -4.19. The van der Waals surface area contributed by atoms with Gasteiger partial charge < -0.3 is 9.74 Å². The molecule has 0 fully saturated rings. The van der Waals surface area contributed by atoms with Crippen LogP contribution in [0.15, 0.2) is 48.5 Å². The number of nitrogens with zero attached hydrogens (tertiary/aromatic N) is 4. The SMILES string of the molecule is CC(C)c1ccc2c(n1)CCN(C(=O)CCCCCCC(=O)ON)C2.CC(C)c1ccc2c(n1)CCN(Cc1ccc(C(=O)NO)cc1)C2. The molecule has 3 aromatic rings. The first kappa shape index (κ1) is 37.6. The van der Waals surface area contributed by atoms with Crippen LogP contribution in [0.25, 0.3) is 0 Å². The molecule has 0 bridgehead atoms. The highest BCUT2D eigenvalue weighted by atomic mass is 16.7. The number of hydrogen-bond acceptors (Lipinski definition) is 9. The van der Waals surface area contributed by atoms with Gasteiger partial charge in [-0.25, -0.2) is 5.48 Å². The van der Waals surface area contributed by atoms with Gasteiger partial charge in [0.25, 0.3) is 5.91 Å². The smallest absolute Gasteiger partial charge is 0.324 e. The van der Waals surface area contributed by atoms with E-state index in [9.17, 15) is 14.4 Å². The first-order chi connectivity index (χ1) is 23.6. The van der Waals surface area contributed by atoms with Gasteiger partial charge in [-0.3, -0.25) is 34.5 Å². The molecule has 2 aromatic heterocycles. The fourth-order valence-electron chi connectivity index (χ4n) is 6.12. The summed E-state index contributed by atoms with van der Waals surface area (Å²) in [7, 11) is 0. The van der Waals surface area contributed by atoms with Crippen LogP contribution in [0.5, 0.6) is 0 Å². The summed E-state index contributed by atoms with van der Waals surface area (Å²) in [6, 6.07) is 15.9. The molecule has 11 heteroatoms. The fourth-order valence-corrected chi connectivity index (χ4v) is 6.12. The van der Waals surface area contributed by atoms with Gasteiger partial charge in [-0.2, -0.15) is 5.90 Å². The summed E-state index contributed by atoms with van der Waals surface area (Å²) < 4.78 is 0. The zero-order valence-corrected chi connectivity index (χ0v) is 29.4. The Labute approximate surface area is 290 Å². The van der Waals surface area contributed by atoms with Gasteiger partial charge in [0.05, 0.1) is 0 Å². The summed E-state index contributed by atoms with van der Waals surface area (Å²) in [5.74, 6) is 5.02. The van der Waals surface area contributed by atoms with Crippen LogP contribution in [0.1, 0.15) is 128 Å². The van der Waals surface area contributed by atoms with Crippen LogP contribution >= 0.6 is 0 Å². The van der Waals surface area contributed by atoms with Crippen LogP contribution in [0, 0.1) is 0 Å². The molecular formula is C38H52N6O5. The maximum absolute atomic E-state index is 12.4. The van der Waals surface area contributed by atoms with E-state index in [4.69, 9.17) is 21.1 Å². The van der Waals surface area contributed by atoms with Crippen molar-refractivity contribution in [2.75, 3.05) is 13.1 Å². The predicted octanol–water partition coefficient (Wildman–Crippen LogP) is 5.73. The molecule has 264 valence electrons. The number of benzene rings is 1. The number of carbonyl (C=O) groups is 3. The highest BCUT2D eigenvalue weighted by Gasteiger charge is 2.22. The van der Waals surface area contributed by atoms with Gasteiger partial charge in [0.15, 0.2) is 0 Å². The maximum atomic E-state index is 12.4. The molecule has 11 nitrogen and oxygen atoms in total. The van der Waals surface area contributed by atoms with Crippen LogP contribution < -0.4 is 11.4 Å². The summed E-state index contributed by atoms with van der Waals surface area (Å²) in [6.45, 7) is 12.8. The van der Waals surface area contributed by atoms with E-state index < -0.39 is 5.91 Å². The molecule has 2 amide bonds. The van der Waals surface area contributed by atoms with Gasteiger partial charge in [0.2, 0.25) is 5.91 Å². The first-order valence-electron chi connectivity index (χ1n) is 17.5. The minimum Gasteiger partial charge on any atom is -0.373 e. The minimum absolute atomic E-state index is 0.208. The van der Waals surface area contributed by atoms with Crippen molar-refractivity contribution in [3.8, 4) is 0 Å². The fraction of sp³-hybridized carbons (Fsp3) is 0.500. The molecule has 2 aliphatic rings. The van der Waals surface area contributed by atoms with Crippen LogP contribution in [0.4, 0.5) is 0 Å². The van der Waals surface area contributed by atoms with Crippen molar-refractivity contribution in [3.63, 3.8) is 0 Å². The Bertz CT molecular complexity index is 1560. The van der Waals surface area contributed by atoms with E-state index in [-0.39, 0.29) is 11.9 Å². The number of nitrogens with one attached hydrogen (secondary N) is 1. The van der Waals surface area contributed by atoms with E-state index >= 15 is 0 Å². The number of nitrogens with two attached hydrogens (primary N) is 1. The molecule has 0 saturated carbocycles. The molecule has 1 aromatic carbocycles.